The highest BCUT2D eigenvalue weighted by Gasteiger charge is 2.07. The predicted octanol–water partition coefficient (Wildman–Crippen LogP) is -1.76. The van der Waals surface area contributed by atoms with E-state index in [9.17, 15) is 4.79 Å². The van der Waals surface area contributed by atoms with Gasteiger partial charge in [0, 0.05) is 0 Å². The average molecular weight is 146 g/mol. The van der Waals surface area contributed by atoms with Crippen molar-refractivity contribution in [3.05, 3.63) is 0 Å². The molecule has 0 spiro atoms. The summed E-state index contributed by atoms with van der Waals surface area (Å²) < 4.78 is 0. The third kappa shape index (κ3) is 3.53. The molecule has 1 atom stereocenters. The van der Waals surface area contributed by atoms with Crippen LogP contribution in [0.2, 0.25) is 0 Å². The Labute approximate surface area is 57.9 Å². The largest absolute Gasteiger partial charge is 0.480 e. The normalized spacial score (nSPS) is 11.7. The summed E-state index contributed by atoms with van der Waals surface area (Å²) in [4.78, 5) is 10.1. The van der Waals surface area contributed by atoms with Gasteiger partial charge < -0.3 is 16.6 Å². The zero-order valence-corrected chi connectivity index (χ0v) is 5.53. The van der Waals surface area contributed by atoms with Gasteiger partial charge in [-0.1, -0.05) is 0 Å². The number of carbonyl (C=O) groups is 1. The van der Waals surface area contributed by atoms with E-state index >= 15 is 0 Å². The summed E-state index contributed by atoms with van der Waals surface area (Å²) in [6, 6.07) is -0.776. The fourth-order valence-electron chi connectivity index (χ4n) is 0.227. The summed E-state index contributed by atoms with van der Waals surface area (Å²) in [6.07, 6.45) is 0. The minimum absolute atomic E-state index is 0.187. The molecule has 0 amide bonds. The van der Waals surface area contributed by atoms with Crippen LogP contribution < -0.4 is 16.9 Å². The summed E-state index contributed by atoms with van der Waals surface area (Å²) in [5.41, 5.74) is 12.0. The average Bonchev–Trinajstić information content (AvgIpc) is 1.82. The first-order valence-electron chi connectivity index (χ1n) is 2.61. The van der Waals surface area contributed by atoms with E-state index in [4.69, 9.17) is 16.6 Å². The van der Waals surface area contributed by atoms with Gasteiger partial charge in [0.2, 0.25) is 5.96 Å². The molecule has 0 aliphatic heterocycles. The minimum Gasteiger partial charge on any atom is -0.480 e. The van der Waals surface area contributed by atoms with Gasteiger partial charge in [0.25, 0.3) is 0 Å². The molecular formula is C4H10N4O2. The van der Waals surface area contributed by atoms with Gasteiger partial charge >= 0.3 is 5.97 Å². The first-order valence-corrected chi connectivity index (χ1v) is 2.61. The molecule has 6 nitrogen and oxygen atoms in total. The van der Waals surface area contributed by atoms with Crippen molar-refractivity contribution in [2.45, 2.75) is 13.0 Å². The van der Waals surface area contributed by atoms with Gasteiger partial charge in [-0.05, 0) is 6.92 Å². The first-order chi connectivity index (χ1) is 4.54. The monoisotopic (exact) mass is 146 g/mol. The number of guanidine groups is 1. The van der Waals surface area contributed by atoms with Crippen molar-refractivity contribution in [1.29, 1.82) is 0 Å². The van der Waals surface area contributed by atoms with Crippen LogP contribution in [0.3, 0.4) is 0 Å². The SMILES string of the molecule is CC(NN=C(N)N)C(=O)O. The fourth-order valence-corrected chi connectivity index (χ4v) is 0.227. The molecule has 0 fully saturated rings. The molecule has 0 bridgehead atoms. The van der Waals surface area contributed by atoms with Gasteiger partial charge in [-0.2, -0.15) is 0 Å². The Morgan fingerprint density at radius 3 is 2.50 bits per heavy atom. The number of hydrazone groups is 1. The van der Waals surface area contributed by atoms with E-state index in [1.54, 1.807) is 0 Å². The number of aliphatic carboxylic acids is 1. The van der Waals surface area contributed by atoms with E-state index in [2.05, 4.69) is 10.5 Å². The maximum atomic E-state index is 10.1. The molecule has 58 valence electrons. The number of carboxylic acid groups (broad SMARTS) is 1. The maximum absolute atomic E-state index is 10.1. The molecule has 0 aliphatic rings. The molecule has 0 aromatic carbocycles. The zero-order chi connectivity index (χ0) is 8.15. The summed E-state index contributed by atoms with van der Waals surface area (Å²) in [7, 11) is 0. The molecule has 6 heteroatoms. The molecule has 0 radical (unpaired) electrons. The van der Waals surface area contributed by atoms with Gasteiger partial charge in [-0.25, -0.2) is 4.79 Å². The Morgan fingerprint density at radius 1 is 1.70 bits per heavy atom. The summed E-state index contributed by atoms with van der Waals surface area (Å²) in [5.74, 6) is -1.20. The highest BCUT2D eigenvalue weighted by atomic mass is 16.4. The number of nitrogens with one attached hydrogen (secondary N) is 1. The lowest BCUT2D eigenvalue weighted by Crippen LogP contribution is -2.34. The predicted molar refractivity (Wildman–Crippen MR) is 36.0 cm³/mol. The summed E-state index contributed by atoms with van der Waals surface area (Å²) in [6.45, 7) is 1.43. The molecule has 1 unspecified atom stereocenters. The highest BCUT2D eigenvalue weighted by Crippen LogP contribution is 1.78. The summed E-state index contributed by atoms with van der Waals surface area (Å²) >= 11 is 0. The fraction of sp³-hybridized carbons (Fsp3) is 0.500. The van der Waals surface area contributed by atoms with E-state index in [0.29, 0.717) is 0 Å². The van der Waals surface area contributed by atoms with Gasteiger partial charge in [0.1, 0.15) is 6.04 Å². The quantitative estimate of drug-likeness (QED) is 0.214. The van der Waals surface area contributed by atoms with Crippen molar-refractivity contribution >= 4 is 11.9 Å². The Bertz CT molecular complexity index is 151. The number of nitrogens with two attached hydrogens (primary N) is 2. The molecule has 0 aromatic heterocycles. The van der Waals surface area contributed by atoms with E-state index in [1.807, 2.05) is 0 Å². The van der Waals surface area contributed by atoms with Crippen LogP contribution in [0.4, 0.5) is 0 Å². The van der Waals surface area contributed by atoms with Gasteiger partial charge in [0.15, 0.2) is 0 Å². The Morgan fingerprint density at radius 2 is 2.20 bits per heavy atom. The van der Waals surface area contributed by atoms with Crippen LogP contribution in [0.5, 0.6) is 0 Å². The number of hydrogen-bond donors (Lipinski definition) is 4. The zero-order valence-electron chi connectivity index (χ0n) is 5.53. The van der Waals surface area contributed by atoms with Crippen LogP contribution in [0.25, 0.3) is 0 Å². The molecule has 0 rings (SSSR count). The minimum atomic E-state index is -1.01. The second-order valence-corrected chi connectivity index (χ2v) is 1.73. The van der Waals surface area contributed by atoms with Crippen molar-refractivity contribution in [3.8, 4) is 0 Å². The van der Waals surface area contributed by atoms with Crippen LogP contribution in [-0.4, -0.2) is 23.1 Å². The van der Waals surface area contributed by atoms with Crippen molar-refractivity contribution in [2.24, 2.45) is 16.6 Å². The van der Waals surface area contributed by atoms with Crippen LogP contribution in [0, 0.1) is 0 Å². The number of nitrogens with zero attached hydrogens (tertiary/aromatic N) is 1. The van der Waals surface area contributed by atoms with Gasteiger partial charge in [-0.3, -0.25) is 5.43 Å². The van der Waals surface area contributed by atoms with Crippen molar-refractivity contribution in [1.82, 2.24) is 5.43 Å². The third-order valence-electron chi connectivity index (χ3n) is 0.758. The first kappa shape index (κ1) is 8.54. The number of carboxylic acids is 1. The number of rotatable bonds is 3. The van der Waals surface area contributed by atoms with Crippen LogP contribution >= 0.6 is 0 Å². The van der Waals surface area contributed by atoms with E-state index in [0.717, 1.165) is 0 Å². The topological polar surface area (TPSA) is 114 Å². The molecule has 6 N–H and O–H groups in total. The molecular weight excluding hydrogens is 136 g/mol. The van der Waals surface area contributed by atoms with Crippen LogP contribution in [0.15, 0.2) is 5.10 Å². The lowest BCUT2D eigenvalue weighted by atomic mass is 10.4. The summed E-state index contributed by atoms with van der Waals surface area (Å²) in [5, 5.41) is 11.6. The lowest BCUT2D eigenvalue weighted by Gasteiger charge is -2.03. The number of hydrogen-bond acceptors (Lipinski definition) is 3. The molecule has 0 heterocycles. The van der Waals surface area contributed by atoms with Crippen molar-refractivity contribution in [2.75, 3.05) is 0 Å². The Kier molecular flexibility index (Phi) is 3.03. The lowest BCUT2D eigenvalue weighted by molar-refractivity contribution is -0.138. The smallest absolute Gasteiger partial charge is 0.327 e. The highest BCUT2D eigenvalue weighted by molar-refractivity contribution is 5.76. The molecule has 0 aliphatic carbocycles. The Balaban J connectivity index is 3.70. The second kappa shape index (κ2) is 3.54. The van der Waals surface area contributed by atoms with E-state index in [-0.39, 0.29) is 5.96 Å². The van der Waals surface area contributed by atoms with Crippen molar-refractivity contribution in [3.63, 3.8) is 0 Å². The van der Waals surface area contributed by atoms with E-state index < -0.39 is 12.0 Å². The van der Waals surface area contributed by atoms with Crippen molar-refractivity contribution < 1.29 is 9.90 Å². The molecule has 0 saturated heterocycles. The van der Waals surface area contributed by atoms with E-state index in [1.165, 1.54) is 6.92 Å². The van der Waals surface area contributed by atoms with Gasteiger partial charge in [-0.15, -0.1) is 5.10 Å². The van der Waals surface area contributed by atoms with Gasteiger partial charge in [0.05, 0.1) is 0 Å². The molecule has 0 saturated carbocycles. The Hall–Kier alpha value is -1.46. The third-order valence-corrected chi connectivity index (χ3v) is 0.758. The van der Waals surface area contributed by atoms with Crippen LogP contribution in [-0.2, 0) is 4.79 Å². The molecule has 0 aromatic rings. The second-order valence-electron chi connectivity index (χ2n) is 1.73. The molecule has 10 heavy (non-hydrogen) atoms. The standard InChI is InChI=1S/C4H10N4O2/c1-2(3(9)10)7-8-4(5)6/h2,7H,1H3,(H,9,10)(H4,5,6,8). The maximum Gasteiger partial charge on any atom is 0.327 e. The van der Waals surface area contributed by atoms with Crippen LogP contribution in [0.1, 0.15) is 6.92 Å².